The summed E-state index contributed by atoms with van der Waals surface area (Å²) in [6.07, 6.45) is 5.45. The maximum Gasteiger partial charge on any atom is 0.317 e. The summed E-state index contributed by atoms with van der Waals surface area (Å²) < 4.78 is 0. The van der Waals surface area contributed by atoms with E-state index < -0.39 is 0 Å². The van der Waals surface area contributed by atoms with E-state index >= 15 is 0 Å². The number of piperidine rings is 1. The Labute approximate surface area is 137 Å². The molecule has 1 atom stereocenters. The third kappa shape index (κ3) is 4.24. The maximum absolute atomic E-state index is 12.4. The lowest BCUT2D eigenvalue weighted by atomic mass is 9.85. The van der Waals surface area contributed by atoms with Crippen molar-refractivity contribution in [2.45, 2.75) is 32.1 Å². The Kier molecular flexibility index (Phi) is 5.16. The Bertz CT molecular complexity index is 542. The van der Waals surface area contributed by atoms with E-state index in [-0.39, 0.29) is 17.9 Å². The average Bonchev–Trinajstić information content (AvgIpc) is 2.54. The molecule has 23 heavy (non-hydrogen) atoms. The number of para-hydroxylation sites is 1. The molecule has 2 fully saturated rings. The van der Waals surface area contributed by atoms with Crippen LogP contribution in [-0.2, 0) is 4.79 Å². The fourth-order valence-electron chi connectivity index (χ4n) is 3.18. The van der Waals surface area contributed by atoms with Gasteiger partial charge in [0.1, 0.15) is 0 Å². The van der Waals surface area contributed by atoms with Gasteiger partial charge in [-0.25, -0.2) is 4.79 Å². The smallest absolute Gasteiger partial charge is 0.317 e. The number of anilines is 1. The molecule has 124 valence electrons. The van der Waals surface area contributed by atoms with Gasteiger partial charge in [-0.05, 0) is 43.7 Å². The zero-order valence-electron chi connectivity index (χ0n) is 13.5. The van der Waals surface area contributed by atoms with Crippen LogP contribution in [0.4, 0.5) is 10.5 Å². The summed E-state index contributed by atoms with van der Waals surface area (Å²) >= 11 is 0. The second-order valence-electron chi connectivity index (χ2n) is 6.62. The molecule has 1 aliphatic carbocycles. The summed E-state index contributed by atoms with van der Waals surface area (Å²) in [4.78, 5) is 26.4. The van der Waals surface area contributed by atoms with E-state index in [1.165, 1.54) is 19.3 Å². The van der Waals surface area contributed by atoms with Crippen LogP contribution in [0, 0.1) is 11.8 Å². The van der Waals surface area contributed by atoms with Crippen molar-refractivity contribution in [3.05, 3.63) is 30.3 Å². The van der Waals surface area contributed by atoms with Gasteiger partial charge < -0.3 is 15.5 Å². The van der Waals surface area contributed by atoms with Gasteiger partial charge in [-0.15, -0.1) is 0 Å². The van der Waals surface area contributed by atoms with Crippen LogP contribution in [0.2, 0.25) is 0 Å². The van der Waals surface area contributed by atoms with Crippen molar-refractivity contribution >= 4 is 17.6 Å². The van der Waals surface area contributed by atoms with E-state index in [2.05, 4.69) is 10.6 Å². The number of hydrogen-bond acceptors (Lipinski definition) is 2. The van der Waals surface area contributed by atoms with Gasteiger partial charge in [0.05, 0.1) is 5.92 Å². The Morgan fingerprint density at radius 3 is 2.57 bits per heavy atom. The van der Waals surface area contributed by atoms with Crippen LogP contribution in [-0.4, -0.2) is 36.5 Å². The Morgan fingerprint density at radius 2 is 1.87 bits per heavy atom. The molecule has 1 aromatic rings. The van der Waals surface area contributed by atoms with Crippen LogP contribution in [0.5, 0.6) is 0 Å². The lowest BCUT2D eigenvalue weighted by Gasteiger charge is -2.33. The Hall–Kier alpha value is -2.04. The summed E-state index contributed by atoms with van der Waals surface area (Å²) in [6, 6.07) is 9.46. The number of likely N-dealkylation sites (tertiary alicyclic amines) is 1. The van der Waals surface area contributed by atoms with Gasteiger partial charge in [0.15, 0.2) is 0 Å². The predicted molar refractivity (Wildman–Crippen MR) is 90.1 cm³/mol. The molecule has 3 amide bonds. The van der Waals surface area contributed by atoms with Crippen LogP contribution >= 0.6 is 0 Å². The maximum atomic E-state index is 12.4. The van der Waals surface area contributed by atoms with Crippen molar-refractivity contribution in [2.24, 2.45) is 11.8 Å². The van der Waals surface area contributed by atoms with E-state index in [9.17, 15) is 9.59 Å². The molecule has 2 aliphatic rings. The van der Waals surface area contributed by atoms with Gasteiger partial charge in [-0.2, -0.15) is 0 Å². The minimum atomic E-state index is -0.126. The normalized spacial score (nSPS) is 21.4. The van der Waals surface area contributed by atoms with Crippen molar-refractivity contribution in [1.29, 1.82) is 0 Å². The van der Waals surface area contributed by atoms with Gasteiger partial charge in [0, 0.05) is 25.3 Å². The summed E-state index contributed by atoms with van der Waals surface area (Å²) in [5.41, 5.74) is 0.809. The zero-order valence-corrected chi connectivity index (χ0v) is 13.5. The van der Waals surface area contributed by atoms with E-state index in [1.54, 1.807) is 4.90 Å². The van der Waals surface area contributed by atoms with E-state index in [1.807, 2.05) is 30.3 Å². The molecule has 5 nitrogen and oxygen atoms in total. The molecule has 1 saturated carbocycles. The van der Waals surface area contributed by atoms with Gasteiger partial charge in [0.2, 0.25) is 5.91 Å². The number of nitrogens with one attached hydrogen (secondary N) is 2. The molecule has 0 aromatic heterocycles. The van der Waals surface area contributed by atoms with Gasteiger partial charge in [-0.3, -0.25) is 4.79 Å². The molecular formula is C18H25N3O2. The minimum Gasteiger partial charge on any atom is -0.338 e. The molecule has 0 bridgehead atoms. The van der Waals surface area contributed by atoms with Crippen LogP contribution in [0.25, 0.3) is 0 Å². The fourth-order valence-corrected chi connectivity index (χ4v) is 3.18. The number of hydrogen-bond donors (Lipinski definition) is 2. The summed E-state index contributed by atoms with van der Waals surface area (Å²) in [7, 11) is 0. The molecule has 2 N–H and O–H groups in total. The highest BCUT2D eigenvalue weighted by atomic mass is 16.2. The van der Waals surface area contributed by atoms with Crippen LogP contribution in [0.1, 0.15) is 32.1 Å². The van der Waals surface area contributed by atoms with E-state index in [4.69, 9.17) is 0 Å². The first-order chi connectivity index (χ1) is 11.2. The molecular weight excluding hydrogens is 290 g/mol. The molecule has 0 spiro atoms. The first kappa shape index (κ1) is 15.8. The first-order valence-electron chi connectivity index (χ1n) is 8.61. The predicted octanol–water partition coefficient (Wildman–Crippen LogP) is 2.85. The third-order valence-electron chi connectivity index (χ3n) is 4.89. The van der Waals surface area contributed by atoms with Gasteiger partial charge in [0.25, 0.3) is 0 Å². The molecule has 1 unspecified atom stereocenters. The minimum absolute atomic E-state index is 0.00712. The van der Waals surface area contributed by atoms with Crippen molar-refractivity contribution in [1.82, 2.24) is 10.2 Å². The zero-order chi connectivity index (χ0) is 16.1. The number of carbonyl (C=O) groups excluding carboxylic acids is 2. The van der Waals surface area contributed by atoms with Crippen molar-refractivity contribution in [3.8, 4) is 0 Å². The molecule has 3 rings (SSSR count). The van der Waals surface area contributed by atoms with Crippen LogP contribution in [0.15, 0.2) is 30.3 Å². The number of nitrogens with zero attached hydrogens (tertiary/aromatic N) is 1. The number of rotatable bonds is 4. The molecule has 1 heterocycles. The SMILES string of the molecule is O=C(Nc1ccccc1)C1CCCN(C(=O)NCC2CCC2)C1. The molecule has 0 radical (unpaired) electrons. The number of benzene rings is 1. The van der Waals surface area contributed by atoms with Crippen molar-refractivity contribution in [2.75, 3.05) is 25.0 Å². The fraction of sp³-hybridized carbons (Fsp3) is 0.556. The Morgan fingerprint density at radius 1 is 1.09 bits per heavy atom. The second kappa shape index (κ2) is 7.49. The van der Waals surface area contributed by atoms with E-state index in [0.29, 0.717) is 12.5 Å². The largest absolute Gasteiger partial charge is 0.338 e. The Balaban J connectivity index is 1.48. The quantitative estimate of drug-likeness (QED) is 0.897. The van der Waals surface area contributed by atoms with Gasteiger partial charge >= 0.3 is 6.03 Å². The molecule has 1 aromatic carbocycles. The standard InChI is InChI=1S/C18H25N3O2/c22-17(20-16-9-2-1-3-10-16)15-8-5-11-21(13-15)18(23)19-12-14-6-4-7-14/h1-3,9-10,14-15H,4-8,11-13H2,(H,19,23)(H,20,22). The second-order valence-corrected chi connectivity index (χ2v) is 6.62. The summed E-state index contributed by atoms with van der Waals surface area (Å²) in [5, 5.41) is 5.96. The highest BCUT2D eigenvalue weighted by molar-refractivity contribution is 5.93. The lowest BCUT2D eigenvalue weighted by Crippen LogP contribution is -2.49. The molecule has 1 aliphatic heterocycles. The third-order valence-corrected chi connectivity index (χ3v) is 4.89. The van der Waals surface area contributed by atoms with Crippen LogP contribution in [0.3, 0.4) is 0 Å². The summed E-state index contributed by atoms with van der Waals surface area (Å²) in [5.74, 6) is 0.534. The van der Waals surface area contributed by atoms with E-state index in [0.717, 1.165) is 31.6 Å². The van der Waals surface area contributed by atoms with Crippen molar-refractivity contribution in [3.63, 3.8) is 0 Å². The molecule has 1 saturated heterocycles. The number of urea groups is 1. The monoisotopic (exact) mass is 315 g/mol. The number of amides is 3. The lowest BCUT2D eigenvalue weighted by molar-refractivity contribution is -0.121. The number of carbonyl (C=O) groups is 2. The summed E-state index contributed by atoms with van der Waals surface area (Å²) in [6.45, 7) is 2.02. The van der Waals surface area contributed by atoms with Crippen LogP contribution < -0.4 is 10.6 Å². The topological polar surface area (TPSA) is 61.4 Å². The average molecular weight is 315 g/mol. The first-order valence-corrected chi connectivity index (χ1v) is 8.61. The highest BCUT2D eigenvalue weighted by Crippen LogP contribution is 2.25. The van der Waals surface area contributed by atoms with Crippen molar-refractivity contribution < 1.29 is 9.59 Å². The highest BCUT2D eigenvalue weighted by Gasteiger charge is 2.29. The van der Waals surface area contributed by atoms with Gasteiger partial charge in [-0.1, -0.05) is 24.6 Å². The molecule has 5 heteroatoms.